The number of hydrogen-bond donors (Lipinski definition) is 1. The highest BCUT2D eigenvalue weighted by Gasteiger charge is 2.26. The topological polar surface area (TPSA) is 88.9 Å². The number of benzene rings is 2. The second kappa shape index (κ2) is 11.1. The van der Waals surface area contributed by atoms with Gasteiger partial charge in [-0.1, -0.05) is 37.3 Å². The molecular weight excluding hydrogens is 484 g/mol. The van der Waals surface area contributed by atoms with Gasteiger partial charge in [-0.05, 0) is 76.0 Å². The molecule has 9 heteroatoms. The van der Waals surface area contributed by atoms with Crippen molar-refractivity contribution in [2.75, 3.05) is 7.11 Å². The minimum absolute atomic E-state index is 0.0676. The molecule has 0 spiro atoms. The number of ether oxygens (including phenoxy) is 1. The number of fused-ring (bicyclic) bond motifs is 1. The van der Waals surface area contributed by atoms with E-state index in [9.17, 15) is 4.79 Å². The molecule has 2 aromatic carbocycles. The van der Waals surface area contributed by atoms with Crippen LogP contribution in [0.2, 0.25) is 0 Å². The second-order valence-electron chi connectivity index (χ2n) is 9.17. The Bertz CT molecular complexity index is 1520. The standard InChI is InChI=1S/C28H30N6O2S/c1-4-26(27-30-31-32-34(27)16-20-8-11-23(36-3)12-9-20)33(18-24-6-5-13-37-24)17-22-15-21-10-7-19(2)14-25(21)29-28(22)35/h5-15,26H,4,16-18H2,1-3H3,(H,29,35)/t26-/m0/s1. The molecule has 0 aliphatic rings. The van der Waals surface area contributed by atoms with Crippen molar-refractivity contribution in [3.05, 3.63) is 104 Å². The van der Waals surface area contributed by atoms with Gasteiger partial charge in [0.25, 0.3) is 5.56 Å². The molecule has 5 rings (SSSR count). The highest BCUT2D eigenvalue weighted by Crippen LogP contribution is 2.28. The van der Waals surface area contributed by atoms with Crippen molar-refractivity contribution in [3.8, 4) is 5.75 Å². The number of tetrazole rings is 1. The van der Waals surface area contributed by atoms with Crippen molar-refractivity contribution < 1.29 is 4.74 Å². The quantitative estimate of drug-likeness (QED) is 0.279. The van der Waals surface area contributed by atoms with Crippen molar-refractivity contribution in [2.24, 2.45) is 0 Å². The zero-order chi connectivity index (χ0) is 25.8. The molecule has 0 radical (unpaired) electrons. The molecule has 0 amide bonds. The third-order valence-electron chi connectivity index (χ3n) is 6.57. The molecular formula is C28H30N6O2S. The Kier molecular flexibility index (Phi) is 7.43. The van der Waals surface area contributed by atoms with Gasteiger partial charge in [0.15, 0.2) is 5.82 Å². The number of nitrogens with zero attached hydrogens (tertiary/aromatic N) is 5. The van der Waals surface area contributed by atoms with Gasteiger partial charge in [0.05, 0.1) is 19.7 Å². The highest BCUT2D eigenvalue weighted by atomic mass is 32.1. The van der Waals surface area contributed by atoms with Crippen LogP contribution in [0.1, 0.15) is 46.8 Å². The average molecular weight is 515 g/mol. The Morgan fingerprint density at radius 1 is 1.11 bits per heavy atom. The van der Waals surface area contributed by atoms with Crippen molar-refractivity contribution in [1.82, 2.24) is 30.1 Å². The molecule has 190 valence electrons. The fourth-order valence-corrected chi connectivity index (χ4v) is 5.38. The van der Waals surface area contributed by atoms with Gasteiger partial charge < -0.3 is 9.72 Å². The monoisotopic (exact) mass is 514 g/mol. The van der Waals surface area contributed by atoms with Gasteiger partial charge in [-0.15, -0.1) is 16.4 Å². The summed E-state index contributed by atoms with van der Waals surface area (Å²) in [5, 5.41) is 15.9. The minimum Gasteiger partial charge on any atom is -0.497 e. The van der Waals surface area contributed by atoms with Gasteiger partial charge in [-0.25, -0.2) is 4.68 Å². The van der Waals surface area contributed by atoms with E-state index in [4.69, 9.17) is 4.74 Å². The van der Waals surface area contributed by atoms with E-state index >= 15 is 0 Å². The lowest BCUT2D eigenvalue weighted by atomic mass is 10.1. The van der Waals surface area contributed by atoms with E-state index < -0.39 is 0 Å². The summed E-state index contributed by atoms with van der Waals surface area (Å²) in [6.07, 6.45) is 0.791. The number of aromatic nitrogens is 5. The van der Waals surface area contributed by atoms with Crippen LogP contribution in [0.3, 0.4) is 0 Å². The average Bonchev–Trinajstić information content (AvgIpc) is 3.58. The number of methoxy groups -OCH3 is 1. The zero-order valence-corrected chi connectivity index (χ0v) is 22.0. The Balaban J connectivity index is 1.48. The summed E-state index contributed by atoms with van der Waals surface area (Å²) in [5.74, 6) is 1.59. The first kappa shape index (κ1) is 24.9. The first-order valence-corrected chi connectivity index (χ1v) is 13.2. The lowest BCUT2D eigenvalue weighted by molar-refractivity contribution is 0.163. The van der Waals surface area contributed by atoms with Crippen molar-refractivity contribution in [1.29, 1.82) is 0 Å². The molecule has 5 aromatic rings. The molecule has 1 atom stereocenters. The third-order valence-corrected chi connectivity index (χ3v) is 7.43. The number of H-pyrrole nitrogens is 1. The van der Waals surface area contributed by atoms with E-state index in [0.29, 0.717) is 19.6 Å². The largest absolute Gasteiger partial charge is 0.497 e. The van der Waals surface area contributed by atoms with Crippen molar-refractivity contribution >= 4 is 22.2 Å². The molecule has 3 aromatic heterocycles. The maximum absolute atomic E-state index is 13.1. The summed E-state index contributed by atoms with van der Waals surface area (Å²) in [7, 11) is 1.66. The van der Waals surface area contributed by atoms with Crippen LogP contribution in [0.25, 0.3) is 10.9 Å². The van der Waals surface area contributed by atoms with Crippen LogP contribution in [0.4, 0.5) is 0 Å². The minimum atomic E-state index is -0.0801. The van der Waals surface area contributed by atoms with Crippen LogP contribution >= 0.6 is 11.3 Å². The number of thiophene rings is 1. The van der Waals surface area contributed by atoms with E-state index in [-0.39, 0.29) is 11.6 Å². The smallest absolute Gasteiger partial charge is 0.252 e. The lowest BCUT2D eigenvalue weighted by Gasteiger charge is -2.30. The fraction of sp³-hybridized carbons (Fsp3) is 0.286. The number of aryl methyl sites for hydroxylation is 1. The number of nitrogens with one attached hydrogen (secondary N) is 1. The zero-order valence-electron chi connectivity index (χ0n) is 21.2. The number of rotatable bonds is 10. The van der Waals surface area contributed by atoms with Gasteiger partial charge in [0, 0.05) is 29.0 Å². The van der Waals surface area contributed by atoms with Crippen LogP contribution in [0.15, 0.2) is 70.8 Å². The highest BCUT2D eigenvalue weighted by molar-refractivity contribution is 7.09. The van der Waals surface area contributed by atoms with E-state index in [1.165, 1.54) is 4.88 Å². The molecule has 0 bridgehead atoms. The summed E-state index contributed by atoms with van der Waals surface area (Å²) in [6.45, 7) is 5.87. The van der Waals surface area contributed by atoms with E-state index in [2.05, 4.69) is 62.0 Å². The molecule has 0 saturated carbocycles. The summed E-state index contributed by atoms with van der Waals surface area (Å²) < 4.78 is 7.13. The Hall–Kier alpha value is -3.82. The maximum Gasteiger partial charge on any atom is 0.252 e. The van der Waals surface area contributed by atoms with Gasteiger partial charge in [-0.2, -0.15) is 0 Å². The molecule has 0 aliphatic heterocycles. The van der Waals surface area contributed by atoms with Crippen LogP contribution in [-0.4, -0.2) is 37.2 Å². The van der Waals surface area contributed by atoms with E-state index in [1.54, 1.807) is 18.4 Å². The van der Waals surface area contributed by atoms with Crippen LogP contribution in [0, 0.1) is 6.92 Å². The Morgan fingerprint density at radius 2 is 1.95 bits per heavy atom. The summed E-state index contributed by atoms with van der Waals surface area (Å²) in [6, 6.07) is 20.1. The van der Waals surface area contributed by atoms with Crippen molar-refractivity contribution in [3.63, 3.8) is 0 Å². The molecule has 0 saturated heterocycles. The van der Waals surface area contributed by atoms with E-state index in [1.807, 2.05) is 48.0 Å². The predicted octanol–water partition coefficient (Wildman–Crippen LogP) is 5.09. The number of hydrogen-bond acceptors (Lipinski definition) is 7. The van der Waals surface area contributed by atoms with E-state index in [0.717, 1.165) is 45.6 Å². The molecule has 3 heterocycles. The fourth-order valence-electron chi connectivity index (χ4n) is 4.65. The van der Waals surface area contributed by atoms with Gasteiger partial charge >= 0.3 is 0 Å². The van der Waals surface area contributed by atoms with Crippen LogP contribution < -0.4 is 10.3 Å². The molecule has 8 nitrogen and oxygen atoms in total. The molecule has 0 unspecified atom stereocenters. The van der Waals surface area contributed by atoms with Gasteiger partial charge in [0.1, 0.15) is 5.75 Å². The Labute approximate surface area is 219 Å². The molecule has 1 N–H and O–H groups in total. The lowest BCUT2D eigenvalue weighted by Crippen LogP contribution is -2.32. The molecule has 37 heavy (non-hydrogen) atoms. The summed E-state index contributed by atoms with van der Waals surface area (Å²) in [4.78, 5) is 19.7. The van der Waals surface area contributed by atoms with Gasteiger partial charge in [-0.3, -0.25) is 9.69 Å². The number of aromatic amines is 1. The third kappa shape index (κ3) is 5.63. The normalized spacial score (nSPS) is 12.3. The predicted molar refractivity (Wildman–Crippen MR) is 146 cm³/mol. The van der Waals surface area contributed by atoms with Crippen LogP contribution in [-0.2, 0) is 19.6 Å². The first-order chi connectivity index (χ1) is 18.0. The Morgan fingerprint density at radius 3 is 2.68 bits per heavy atom. The summed E-state index contributed by atoms with van der Waals surface area (Å²) >= 11 is 1.71. The molecule has 0 fully saturated rings. The second-order valence-corrected chi connectivity index (χ2v) is 10.2. The number of pyridine rings is 1. The first-order valence-electron chi connectivity index (χ1n) is 12.3. The van der Waals surface area contributed by atoms with Crippen molar-refractivity contribution in [2.45, 2.75) is 45.9 Å². The van der Waals surface area contributed by atoms with Crippen LogP contribution in [0.5, 0.6) is 5.75 Å². The van der Waals surface area contributed by atoms with Gasteiger partial charge in [0.2, 0.25) is 0 Å². The summed E-state index contributed by atoms with van der Waals surface area (Å²) in [5.41, 5.74) is 3.71. The maximum atomic E-state index is 13.1. The molecule has 0 aliphatic carbocycles. The SMILES string of the molecule is CC[C@@H](c1nnnn1Cc1ccc(OC)cc1)N(Cc1cccs1)Cc1cc2ccc(C)cc2[nH]c1=O.